The van der Waals surface area contributed by atoms with Gasteiger partial charge in [-0.15, -0.1) is 0 Å². The number of carbonyl (C=O) groups is 2. The third kappa shape index (κ3) is 4.69. The van der Waals surface area contributed by atoms with Gasteiger partial charge in [0.1, 0.15) is 5.75 Å². The van der Waals surface area contributed by atoms with Crippen LogP contribution in [0.15, 0.2) is 24.3 Å². The first kappa shape index (κ1) is 23.6. The molecule has 0 bridgehead atoms. The van der Waals surface area contributed by atoms with Gasteiger partial charge >= 0.3 is 0 Å². The fourth-order valence-electron chi connectivity index (χ4n) is 7.01. The van der Waals surface area contributed by atoms with Gasteiger partial charge in [-0.2, -0.15) is 0 Å². The number of hydrogen-bond acceptors (Lipinski definition) is 5. The van der Waals surface area contributed by atoms with Gasteiger partial charge in [0, 0.05) is 38.1 Å². The van der Waals surface area contributed by atoms with Crippen LogP contribution in [0.25, 0.3) is 0 Å². The van der Waals surface area contributed by atoms with E-state index in [9.17, 15) is 9.59 Å². The maximum absolute atomic E-state index is 13.9. The summed E-state index contributed by atoms with van der Waals surface area (Å²) >= 11 is 0. The second-order valence-electron chi connectivity index (χ2n) is 10.3. The Labute approximate surface area is 203 Å². The van der Waals surface area contributed by atoms with Gasteiger partial charge in [0.15, 0.2) is 0 Å². The molecule has 0 radical (unpaired) electrons. The summed E-state index contributed by atoms with van der Waals surface area (Å²) in [6.45, 7) is 5.87. The van der Waals surface area contributed by atoms with E-state index < -0.39 is 0 Å². The summed E-state index contributed by atoms with van der Waals surface area (Å²) in [6, 6.07) is 8.36. The lowest BCUT2D eigenvalue weighted by molar-refractivity contribution is -0.135. The predicted octanol–water partition coefficient (Wildman–Crippen LogP) is 3.04. The molecule has 34 heavy (non-hydrogen) atoms. The van der Waals surface area contributed by atoms with Crippen molar-refractivity contribution in [1.29, 1.82) is 0 Å². The SMILES string of the molecule is COc1ccccc1C(=O)N1C[C@@H]2CCCN3CCC[C@@H]([C@H]23)[C@H]1CCCC(=O)N1CCOCC1. The van der Waals surface area contributed by atoms with Crippen LogP contribution in [0.3, 0.4) is 0 Å². The van der Waals surface area contributed by atoms with E-state index in [1.807, 2.05) is 29.2 Å². The van der Waals surface area contributed by atoms with Crippen LogP contribution in [0, 0.1) is 11.8 Å². The van der Waals surface area contributed by atoms with Crippen LogP contribution in [-0.4, -0.2) is 91.6 Å². The molecule has 4 aliphatic rings. The van der Waals surface area contributed by atoms with Crippen molar-refractivity contribution in [1.82, 2.24) is 14.7 Å². The molecule has 4 fully saturated rings. The zero-order valence-electron chi connectivity index (χ0n) is 20.5. The minimum atomic E-state index is 0.0862. The minimum Gasteiger partial charge on any atom is -0.496 e. The maximum Gasteiger partial charge on any atom is 0.257 e. The highest BCUT2D eigenvalue weighted by molar-refractivity contribution is 5.97. The number of likely N-dealkylation sites (tertiary alicyclic amines) is 1. The topological polar surface area (TPSA) is 62.3 Å². The van der Waals surface area contributed by atoms with E-state index in [-0.39, 0.29) is 17.9 Å². The number of piperidine rings is 3. The van der Waals surface area contributed by atoms with E-state index in [1.54, 1.807) is 7.11 Å². The number of carbonyl (C=O) groups excluding carboxylic acids is 2. The summed E-state index contributed by atoms with van der Waals surface area (Å²) in [5, 5.41) is 0. The lowest BCUT2D eigenvalue weighted by Crippen LogP contribution is -2.65. The van der Waals surface area contributed by atoms with Crippen LogP contribution in [0.4, 0.5) is 0 Å². The van der Waals surface area contributed by atoms with Crippen molar-refractivity contribution in [3.63, 3.8) is 0 Å². The third-order valence-corrected chi connectivity index (χ3v) is 8.52. The monoisotopic (exact) mass is 469 g/mol. The Balaban J connectivity index is 1.35. The van der Waals surface area contributed by atoms with Crippen LogP contribution in [0.2, 0.25) is 0 Å². The fourth-order valence-corrected chi connectivity index (χ4v) is 7.01. The molecule has 4 heterocycles. The molecule has 4 saturated heterocycles. The standard InChI is InChI=1S/C27H39N3O4/c1-33-24-11-3-2-8-22(24)27(32)30-19-20-7-5-13-29-14-6-9-21(26(20)29)23(30)10-4-12-25(31)28-15-17-34-18-16-28/h2-3,8,11,20-21,23,26H,4-7,9-10,12-19H2,1H3/t20-,21+,23+,26-/m0/s1. The highest BCUT2D eigenvalue weighted by atomic mass is 16.5. The lowest BCUT2D eigenvalue weighted by atomic mass is 9.69. The highest BCUT2D eigenvalue weighted by Gasteiger charge is 2.49. The highest BCUT2D eigenvalue weighted by Crippen LogP contribution is 2.44. The van der Waals surface area contributed by atoms with Gasteiger partial charge < -0.3 is 19.3 Å². The van der Waals surface area contributed by atoms with Crippen LogP contribution in [-0.2, 0) is 9.53 Å². The van der Waals surface area contributed by atoms with Crippen LogP contribution < -0.4 is 4.74 Å². The molecule has 7 nitrogen and oxygen atoms in total. The Morgan fingerprint density at radius 3 is 2.62 bits per heavy atom. The zero-order chi connectivity index (χ0) is 23.5. The molecule has 0 saturated carbocycles. The van der Waals surface area contributed by atoms with Gasteiger partial charge in [0.2, 0.25) is 5.91 Å². The van der Waals surface area contributed by atoms with Crippen LogP contribution >= 0.6 is 0 Å². The van der Waals surface area contributed by atoms with Crippen molar-refractivity contribution in [3.8, 4) is 5.75 Å². The first-order valence-electron chi connectivity index (χ1n) is 13.2. The average Bonchev–Trinajstić information content (AvgIpc) is 2.90. The summed E-state index contributed by atoms with van der Waals surface area (Å²) in [5.74, 6) is 1.99. The summed E-state index contributed by atoms with van der Waals surface area (Å²) in [6.07, 6.45) is 7.07. The Kier molecular flexibility index (Phi) is 7.40. The summed E-state index contributed by atoms with van der Waals surface area (Å²) in [5.41, 5.74) is 0.654. The summed E-state index contributed by atoms with van der Waals surface area (Å²) < 4.78 is 10.9. The van der Waals surface area contributed by atoms with Gasteiger partial charge in [-0.25, -0.2) is 0 Å². The van der Waals surface area contributed by atoms with Gasteiger partial charge in [-0.3, -0.25) is 14.5 Å². The molecule has 1 aromatic carbocycles. The summed E-state index contributed by atoms with van der Waals surface area (Å²) in [7, 11) is 1.63. The quantitative estimate of drug-likeness (QED) is 0.641. The van der Waals surface area contributed by atoms with Crippen molar-refractivity contribution in [2.45, 2.75) is 57.0 Å². The van der Waals surface area contributed by atoms with E-state index in [0.29, 0.717) is 61.9 Å². The number of methoxy groups -OCH3 is 1. The van der Waals surface area contributed by atoms with Crippen LogP contribution in [0.5, 0.6) is 5.75 Å². The minimum absolute atomic E-state index is 0.0862. The molecule has 7 heteroatoms. The van der Waals surface area contributed by atoms with E-state index in [2.05, 4.69) is 9.80 Å². The van der Waals surface area contributed by atoms with Crippen molar-refractivity contribution < 1.29 is 19.1 Å². The van der Waals surface area contributed by atoms with E-state index in [0.717, 1.165) is 19.4 Å². The average molecular weight is 470 g/mol. The van der Waals surface area contributed by atoms with E-state index >= 15 is 0 Å². The molecule has 0 spiro atoms. The smallest absolute Gasteiger partial charge is 0.257 e. The maximum atomic E-state index is 13.9. The number of hydrogen-bond donors (Lipinski definition) is 0. The lowest BCUT2D eigenvalue weighted by Gasteiger charge is -2.57. The second-order valence-corrected chi connectivity index (χ2v) is 10.3. The molecule has 0 unspecified atom stereocenters. The Hall–Kier alpha value is -2.12. The Morgan fingerprint density at radius 1 is 1.06 bits per heavy atom. The van der Waals surface area contributed by atoms with Crippen molar-refractivity contribution in [3.05, 3.63) is 29.8 Å². The number of amides is 2. The van der Waals surface area contributed by atoms with Gasteiger partial charge in [0.05, 0.1) is 25.9 Å². The largest absolute Gasteiger partial charge is 0.496 e. The molecule has 1 aromatic rings. The molecular formula is C27H39N3O4. The Bertz CT molecular complexity index is 869. The molecule has 0 aromatic heterocycles. The van der Waals surface area contributed by atoms with Gasteiger partial charge in [0.25, 0.3) is 5.91 Å². The zero-order valence-corrected chi connectivity index (χ0v) is 20.5. The third-order valence-electron chi connectivity index (χ3n) is 8.52. The molecule has 4 aliphatic heterocycles. The second kappa shape index (κ2) is 10.6. The van der Waals surface area contributed by atoms with Crippen molar-refractivity contribution >= 4 is 11.8 Å². The van der Waals surface area contributed by atoms with E-state index in [1.165, 1.54) is 38.8 Å². The Morgan fingerprint density at radius 2 is 1.82 bits per heavy atom. The number of ether oxygens (including phenoxy) is 2. The van der Waals surface area contributed by atoms with Gasteiger partial charge in [-0.05, 0) is 75.6 Å². The van der Waals surface area contributed by atoms with Crippen molar-refractivity contribution in [2.75, 3.05) is 53.0 Å². The van der Waals surface area contributed by atoms with Crippen molar-refractivity contribution in [2.24, 2.45) is 11.8 Å². The number of morpholine rings is 1. The number of nitrogens with zero attached hydrogens (tertiary/aromatic N) is 3. The molecule has 0 N–H and O–H groups in total. The fraction of sp³-hybridized carbons (Fsp3) is 0.704. The molecule has 4 atom stereocenters. The molecule has 186 valence electrons. The molecule has 2 amide bonds. The first-order chi connectivity index (χ1) is 16.7. The molecular weight excluding hydrogens is 430 g/mol. The number of rotatable bonds is 6. The number of benzene rings is 1. The normalized spacial score (nSPS) is 29.4. The molecule has 0 aliphatic carbocycles. The predicted molar refractivity (Wildman–Crippen MR) is 130 cm³/mol. The van der Waals surface area contributed by atoms with E-state index in [4.69, 9.17) is 9.47 Å². The summed E-state index contributed by atoms with van der Waals surface area (Å²) in [4.78, 5) is 33.5. The van der Waals surface area contributed by atoms with Gasteiger partial charge in [-0.1, -0.05) is 12.1 Å². The van der Waals surface area contributed by atoms with Crippen LogP contribution in [0.1, 0.15) is 55.3 Å². The molecule has 5 rings (SSSR count). The first-order valence-corrected chi connectivity index (χ1v) is 13.2. The number of para-hydroxylation sites is 1.